The van der Waals surface area contributed by atoms with Crippen molar-refractivity contribution in [3.8, 4) is 11.3 Å². The van der Waals surface area contributed by atoms with Gasteiger partial charge in [0.25, 0.3) is 0 Å². The third kappa shape index (κ3) is 2.69. The molecular weight excluding hydrogens is 287 g/mol. The summed E-state index contributed by atoms with van der Waals surface area (Å²) in [6.07, 6.45) is -4.32. The third-order valence-electron chi connectivity index (χ3n) is 3.69. The second-order valence-corrected chi connectivity index (χ2v) is 5.39. The van der Waals surface area contributed by atoms with Gasteiger partial charge in [0.2, 0.25) is 0 Å². The van der Waals surface area contributed by atoms with Crippen molar-refractivity contribution in [3.05, 3.63) is 65.4 Å². The van der Waals surface area contributed by atoms with Crippen LogP contribution in [-0.4, -0.2) is 4.98 Å². The third-order valence-corrected chi connectivity index (χ3v) is 3.69. The first-order valence-electron chi connectivity index (χ1n) is 6.90. The fourth-order valence-electron chi connectivity index (χ4n) is 2.53. The minimum atomic E-state index is -4.32. The van der Waals surface area contributed by atoms with E-state index in [2.05, 4.69) is 11.1 Å². The average Bonchev–Trinajstić information content (AvgIpc) is 2.46. The number of nitrogens with zero attached hydrogens (tertiary/aromatic N) is 1. The Hall–Kier alpha value is -2.36. The molecule has 0 aliphatic carbocycles. The van der Waals surface area contributed by atoms with E-state index in [0.717, 1.165) is 34.2 Å². The number of alkyl halides is 3. The molecule has 0 unspecified atom stereocenters. The van der Waals surface area contributed by atoms with Crippen LogP contribution in [0.15, 0.2) is 48.5 Å². The first-order chi connectivity index (χ1) is 10.3. The van der Waals surface area contributed by atoms with Gasteiger partial charge >= 0.3 is 6.18 Å². The number of aryl methyl sites for hydroxylation is 2. The van der Waals surface area contributed by atoms with E-state index >= 15 is 0 Å². The number of hydrogen-bond donors (Lipinski definition) is 0. The van der Waals surface area contributed by atoms with Crippen LogP contribution in [0.25, 0.3) is 22.0 Å². The van der Waals surface area contributed by atoms with Gasteiger partial charge in [-0.15, -0.1) is 0 Å². The zero-order chi connectivity index (χ0) is 15.9. The topological polar surface area (TPSA) is 12.9 Å². The highest BCUT2D eigenvalue weighted by molar-refractivity contribution is 5.88. The van der Waals surface area contributed by atoms with Crippen molar-refractivity contribution in [3.63, 3.8) is 0 Å². The van der Waals surface area contributed by atoms with Gasteiger partial charge in [0.05, 0.1) is 11.3 Å². The van der Waals surface area contributed by atoms with Crippen LogP contribution < -0.4 is 0 Å². The molecule has 0 N–H and O–H groups in total. The second kappa shape index (κ2) is 5.13. The molecule has 0 saturated heterocycles. The number of aromatic nitrogens is 1. The van der Waals surface area contributed by atoms with Gasteiger partial charge in [-0.3, -0.25) is 4.98 Å². The summed E-state index contributed by atoms with van der Waals surface area (Å²) in [6, 6.07) is 13.1. The molecule has 0 fully saturated rings. The lowest BCUT2D eigenvalue weighted by atomic mass is 10.0. The standard InChI is InChI=1S/C18H14F3N/c1-11-3-8-16-12(2)22-17(10-14(16)9-11)13-4-6-15(7-5-13)18(19,20)21/h3-10H,1-2H3. The first-order valence-corrected chi connectivity index (χ1v) is 6.90. The highest BCUT2D eigenvalue weighted by Crippen LogP contribution is 2.31. The minimum Gasteiger partial charge on any atom is -0.252 e. The van der Waals surface area contributed by atoms with E-state index < -0.39 is 11.7 Å². The number of benzene rings is 2. The van der Waals surface area contributed by atoms with E-state index in [1.807, 2.05) is 32.0 Å². The summed E-state index contributed by atoms with van der Waals surface area (Å²) in [5.74, 6) is 0. The number of halogens is 3. The smallest absolute Gasteiger partial charge is 0.252 e. The van der Waals surface area contributed by atoms with Crippen LogP contribution in [0.4, 0.5) is 13.2 Å². The molecule has 0 aliphatic rings. The van der Waals surface area contributed by atoms with E-state index in [0.29, 0.717) is 11.3 Å². The summed E-state index contributed by atoms with van der Waals surface area (Å²) in [7, 11) is 0. The predicted molar refractivity (Wildman–Crippen MR) is 81.7 cm³/mol. The molecule has 0 spiro atoms. The Morgan fingerprint density at radius 2 is 1.55 bits per heavy atom. The quantitative estimate of drug-likeness (QED) is 0.575. The second-order valence-electron chi connectivity index (χ2n) is 5.39. The molecule has 1 nitrogen and oxygen atoms in total. The van der Waals surface area contributed by atoms with Crippen molar-refractivity contribution in [2.45, 2.75) is 20.0 Å². The van der Waals surface area contributed by atoms with Crippen molar-refractivity contribution < 1.29 is 13.2 Å². The van der Waals surface area contributed by atoms with Gasteiger partial charge in [0, 0.05) is 16.6 Å². The molecule has 3 rings (SSSR count). The summed E-state index contributed by atoms with van der Waals surface area (Å²) >= 11 is 0. The predicted octanol–water partition coefficient (Wildman–Crippen LogP) is 5.54. The van der Waals surface area contributed by atoms with Gasteiger partial charge in [-0.05, 0) is 37.4 Å². The monoisotopic (exact) mass is 301 g/mol. The van der Waals surface area contributed by atoms with Gasteiger partial charge in [-0.1, -0.05) is 35.9 Å². The van der Waals surface area contributed by atoms with Gasteiger partial charge in [0.1, 0.15) is 0 Å². The van der Waals surface area contributed by atoms with Crippen LogP contribution in [0.2, 0.25) is 0 Å². The number of hydrogen-bond acceptors (Lipinski definition) is 1. The van der Waals surface area contributed by atoms with E-state index in [-0.39, 0.29) is 0 Å². The maximum absolute atomic E-state index is 12.6. The Kier molecular flexibility index (Phi) is 3.39. The van der Waals surface area contributed by atoms with E-state index in [4.69, 9.17) is 0 Å². The molecule has 22 heavy (non-hydrogen) atoms. The Morgan fingerprint density at radius 1 is 0.864 bits per heavy atom. The molecule has 112 valence electrons. The van der Waals surface area contributed by atoms with Gasteiger partial charge in [-0.25, -0.2) is 0 Å². The average molecular weight is 301 g/mol. The van der Waals surface area contributed by atoms with Gasteiger partial charge < -0.3 is 0 Å². The van der Waals surface area contributed by atoms with Crippen molar-refractivity contribution in [2.75, 3.05) is 0 Å². The zero-order valence-corrected chi connectivity index (χ0v) is 12.2. The molecule has 4 heteroatoms. The molecule has 0 aliphatic heterocycles. The molecule has 0 saturated carbocycles. The van der Waals surface area contributed by atoms with Crippen molar-refractivity contribution in [2.24, 2.45) is 0 Å². The first kappa shape index (κ1) is 14.6. The van der Waals surface area contributed by atoms with Crippen LogP contribution in [0.3, 0.4) is 0 Å². The molecule has 0 bridgehead atoms. The maximum Gasteiger partial charge on any atom is 0.416 e. The molecule has 1 heterocycles. The summed E-state index contributed by atoms with van der Waals surface area (Å²) in [4.78, 5) is 4.51. The molecule has 0 radical (unpaired) electrons. The number of pyridine rings is 1. The maximum atomic E-state index is 12.6. The number of rotatable bonds is 1. The summed E-state index contributed by atoms with van der Waals surface area (Å²) in [5.41, 5.74) is 2.72. The van der Waals surface area contributed by atoms with Crippen LogP contribution in [-0.2, 0) is 6.18 Å². The lowest BCUT2D eigenvalue weighted by Gasteiger charge is -2.10. The molecule has 2 aromatic carbocycles. The van der Waals surface area contributed by atoms with Gasteiger partial charge in [0.15, 0.2) is 0 Å². The Balaban J connectivity index is 2.10. The van der Waals surface area contributed by atoms with Crippen molar-refractivity contribution in [1.29, 1.82) is 0 Å². The fourth-order valence-corrected chi connectivity index (χ4v) is 2.53. The summed E-state index contributed by atoms with van der Waals surface area (Å²) in [6.45, 7) is 3.91. The molecule has 0 atom stereocenters. The highest BCUT2D eigenvalue weighted by atomic mass is 19.4. The molecular formula is C18H14F3N. The Bertz CT molecular complexity index is 833. The highest BCUT2D eigenvalue weighted by Gasteiger charge is 2.30. The van der Waals surface area contributed by atoms with Crippen LogP contribution in [0.5, 0.6) is 0 Å². The van der Waals surface area contributed by atoms with Crippen LogP contribution in [0.1, 0.15) is 16.8 Å². The van der Waals surface area contributed by atoms with Gasteiger partial charge in [-0.2, -0.15) is 13.2 Å². The fraction of sp³-hybridized carbons (Fsp3) is 0.167. The largest absolute Gasteiger partial charge is 0.416 e. The molecule has 1 aromatic heterocycles. The van der Waals surface area contributed by atoms with Crippen molar-refractivity contribution in [1.82, 2.24) is 4.98 Å². The lowest BCUT2D eigenvalue weighted by molar-refractivity contribution is -0.137. The zero-order valence-electron chi connectivity index (χ0n) is 12.2. The lowest BCUT2D eigenvalue weighted by Crippen LogP contribution is -2.04. The van der Waals surface area contributed by atoms with E-state index in [1.165, 1.54) is 12.1 Å². The summed E-state index contributed by atoms with van der Waals surface area (Å²) < 4.78 is 37.9. The molecule has 0 amide bonds. The number of fused-ring (bicyclic) bond motifs is 1. The SMILES string of the molecule is Cc1ccc2c(C)nc(-c3ccc(C(F)(F)F)cc3)cc2c1. The summed E-state index contributed by atoms with van der Waals surface area (Å²) in [5, 5.41) is 2.10. The Morgan fingerprint density at radius 3 is 2.18 bits per heavy atom. The van der Waals surface area contributed by atoms with Crippen molar-refractivity contribution >= 4 is 10.8 Å². The van der Waals surface area contributed by atoms with Crippen LogP contribution in [0, 0.1) is 13.8 Å². The van der Waals surface area contributed by atoms with Crippen LogP contribution >= 0.6 is 0 Å². The molecule has 3 aromatic rings. The minimum absolute atomic E-state index is 0.649. The Labute approximate surface area is 126 Å². The normalized spacial score (nSPS) is 11.9. The van der Waals surface area contributed by atoms with E-state index in [9.17, 15) is 13.2 Å². The van der Waals surface area contributed by atoms with E-state index in [1.54, 1.807) is 0 Å².